The molecule has 0 heterocycles. The molecule has 2 aromatic carbocycles. The molecule has 0 aliphatic carbocycles. The highest BCUT2D eigenvalue weighted by Gasteiger charge is 2.09. The normalized spacial score (nSPS) is 10.6. The summed E-state index contributed by atoms with van der Waals surface area (Å²) in [7, 11) is 0. The van der Waals surface area contributed by atoms with Crippen LogP contribution < -0.4 is 0 Å². The summed E-state index contributed by atoms with van der Waals surface area (Å²) in [4.78, 5) is 13.2. The van der Waals surface area contributed by atoms with Crippen LogP contribution >= 0.6 is 11.8 Å². The lowest BCUT2D eigenvalue weighted by Gasteiger charge is -2.04. The van der Waals surface area contributed by atoms with E-state index in [-0.39, 0.29) is 12.2 Å². The highest BCUT2D eigenvalue weighted by atomic mass is 32.2. The first-order chi connectivity index (χ1) is 9.58. The second kappa shape index (κ2) is 6.66. The van der Waals surface area contributed by atoms with Crippen molar-refractivity contribution in [2.45, 2.75) is 18.2 Å². The third kappa shape index (κ3) is 3.90. The molecule has 0 unspecified atom stereocenters. The van der Waals surface area contributed by atoms with Crippen molar-refractivity contribution in [1.29, 1.82) is 0 Å². The highest BCUT2D eigenvalue weighted by molar-refractivity contribution is 7.99. The van der Waals surface area contributed by atoms with Gasteiger partial charge in [0, 0.05) is 22.9 Å². The minimum absolute atomic E-state index is 0.00501. The molecule has 20 heavy (non-hydrogen) atoms. The second-order valence-electron chi connectivity index (χ2n) is 4.34. The fraction of sp³-hybridized carbons (Fsp3) is 0.188. The van der Waals surface area contributed by atoms with E-state index in [0.29, 0.717) is 11.1 Å². The van der Waals surface area contributed by atoms with Gasteiger partial charge in [-0.2, -0.15) is 0 Å². The van der Waals surface area contributed by atoms with E-state index in [2.05, 4.69) is 6.92 Å². The zero-order valence-corrected chi connectivity index (χ0v) is 11.8. The predicted octanol–water partition coefficient (Wildman–Crippen LogP) is 4.50. The summed E-state index contributed by atoms with van der Waals surface area (Å²) in [6, 6.07) is 10.4. The van der Waals surface area contributed by atoms with Crippen LogP contribution in [-0.4, -0.2) is 11.5 Å². The van der Waals surface area contributed by atoms with Gasteiger partial charge in [-0.15, -0.1) is 11.8 Å². The van der Waals surface area contributed by atoms with E-state index in [1.54, 1.807) is 23.9 Å². The Kier molecular flexibility index (Phi) is 4.90. The van der Waals surface area contributed by atoms with Gasteiger partial charge < -0.3 is 0 Å². The lowest BCUT2D eigenvalue weighted by molar-refractivity contribution is 0.0993. The number of rotatable bonds is 5. The Morgan fingerprint density at radius 2 is 1.65 bits per heavy atom. The van der Waals surface area contributed by atoms with Crippen molar-refractivity contribution in [3.63, 3.8) is 0 Å². The Bertz CT molecular complexity index is 588. The number of ketones is 1. The average molecular weight is 292 g/mol. The van der Waals surface area contributed by atoms with Gasteiger partial charge in [0.1, 0.15) is 11.6 Å². The van der Waals surface area contributed by atoms with Gasteiger partial charge in [0.25, 0.3) is 0 Å². The maximum absolute atomic E-state index is 13.1. The highest BCUT2D eigenvalue weighted by Crippen LogP contribution is 2.19. The van der Waals surface area contributed by atoms with Gasteiger partial charge in [-0.3, -0.25) is 4.79 Å². The smallest absolute Gasteiger partial charge is 0.167 e. The second-order valence-corrected chi connectivity index (χ2v) is 5.67. The van der Waals surface area contributed by atoms with Crippen LogP contribution in [-0.2, 0) is 6.42 Å². The molecule has 0 aromatic heterocycles. The number of thioether (sulfide) groups is 1. The minimum atomic E-state index is -0.664. The Morgan fingerprint density at radius 1 is 1.05 bits per heavy atom. The van der Waals surface area contributed by atoms with Crippen LogP contribution in [0.15, 0.2) is 47.4 Å². The van der Waals surface area contributed by atoms with Crippen molar-refractivity contribution in [2.24, 2.45) is 0 Å². The summed E-state index contributed by atoms with van der Waals surface area (Å²) >= 11 is 1.69. The van der Waals surface area contributed by atoms with Crippen molar-refractivity contribution >= 4 is 17.5 Å². The van der Waals surface area contributed by atoms with Gasteiger partial charge in [0.05, 0.1) is 0 Å². The molecular weight excluding hydrogens is 278 g/mol. The average Bonchev–Trinajstić information content (AvgIpc) is 2.38. The number of carbonyl (C=O) groups excluding carboxylic acids is 1. The molecule has 0 N–H and O–H groups in total. The topological polar surface area (TPSA) is 17.1 Å². The molecule has 0 spiro atoms. The van der Waals surface area contributed by atoms with Crippen LogP contribution in [0.2, 0.25) is 0 Å². The van der Waals surface area contributed by atoms with E-state index in [9.17, 15) is 13.6 Å². The van der Waals surface area contributed by atoms with Gasteiger partial charge in [-0.25, -0.2) is 8.78 Å². The molecule has 2 rings (SSSR count). The first-order valence-electron chi connectivity index (χ1n) is 6.29. The quantitative estimate of drug-likeness (QED) is 0.596. The van der Waals surface area contributed by atoms with Crippen LogP contribution in [0.5, 0.6) is 0 Å². The third-order valence-electron chi connectivity index (χ3n) is 2.77. The van der Waals surface area contributed by atoms with Crippen molar-refractivity contribution in [3.8, 4) is 0 Å². The SMILES string of the molecule is CCSc1ccc(C(=O)Cc2cc(F)cc(F)c2)cc1. The van der Waals surface area contributed by atoms with Crippen molar-refractivity contribution in [2.75, 3.05) is 5.75 Å². The first kappa shape index (κ1) is 14.7. The summed E-state index contributed by atoms with van der Waals surface area (Å²) in [6.45, 7) is 2.06. The van der Waals surface area contributed by atoms with Crippen molar-refractivity contribution in [1.82, 2.24) is 0 Å². The van der Waals surface area contributed by atoms with E-state index in [1.807, 2.05) is 12.1 Å². The van der Waals surface area contributed by atoms with Crippen LogP contribution in [0.25, 0.3) is 0 Å². The summed E-state index contributed by atoms with van der Waals surface area (Å²) in [5.41, 5.74) is 0.898. The van der Waals surface area contributed by atoms with Crippen molar-refractivity contribution < 1.29 is 13.6 Å². The lowest BCUT2D eigenvalue weighted by Crippen LogP contribution is -2.04. The van der Waals surface area contributed by atoms with Crippen LogP contribution in [0.1, 0.15) is 22.8 Å². The maximum atomic E-state index is 13.1. The van der Waals surface area contributed by atoms with E-state index in [0.717, 1.165) is 16.7 Å². The standard InChI is InChI=1S/C16H14F2OS/c1-2-20-15-5-3-12(4-6-15)16(19)9-11-7-13(17)10-14(18)8-11/h3-8,10H,2,9H2,1H3. The molecule has 0 aliphatic rings. The van der Waals surface area contributed by atoms with Gasteiger partial charge in [0.2, 0.25) is 0 Å². The Labute approximate surface area is 121 Å². The Balaban J connectivity index is 2.11. The maximum Gasteiger partial charge on any atom is 0.167 e. The molecule has 1 nitrogen and oxygen atoms in total. The van der Waals surface area contributed by atoms with Crippen molar-refractivity contribution in [3.05, 3.63) is 65.2 Å². The molecule has 0 bridgehead atoms. The molecule has 104 valence electrons. The van der Waals surface area contributed by atoms with Crippen LogP contribution in [0, 0.1) is 11.6 Å². The molecular formula is C16H14F2OS. The van der Waals surface area contributed by atoms with Gasteiger partial charge >= 0.3 is 0 Å². The minimum Gasteiger partial charge on any atom is -0.294 e. The summed E-state index contributed by atoms with van der Waals surface area (Å²) in [6.07, 6.45) is -0.00501. The van der Waals surface area contributed by atoms with Gasteiger partial charge in [0.15, 0.2) is 5.78 Å². The molecule has 0 aliphatic heterocycles. The fourth-order valence-electron chi connectivity index (χ4n) is 1.90. The largest absolute Gasteiger partial charge is 0.294 e. The van der Waals surface area contributed by atoms with E-state index < -0.39 is 11.6 Å². The van der Waals surface area contributed by atoms with Crippen LogP contribution in [0.4, 0.5) is 8.78 Å². The number of benzene rings is 2. The number of carbonyl (C=O) groups is 1. The zero-order chi connectivity index (χ0) is 14.5. The molecule has 0 atom stereocenters. The summed E-state index contributed by atoms with van der Waals surface area (Å²) in [5, 5.41) is 0. The molecule has 4 heteroatoms. The Morgan fingerprint density at radius 3 is 2.20 bits per heavy atom. The van der Waals surface area contributed by atoms with E-state index in [4.69, 9.17) is 0 Å². The number of Topliss-reactive ketones (excluding diaryl/α,β-unsaturated/α-hetero) is 1. The summed E-state index contributed by atoms with van der Waals surface area (Å²) < 4.78 is 26.1. The third-order valence-corrected chi connectivity index (χ3v) is 3.67. The molecule has 0 saturated heterocycles. The zero-order valence-electron chi connectivity index (χ0n) is 11.0. The Hall–Kier alpha value is -1.68. The first-order valence-corrected chi connectivity index (χ1v) is 7.28. The molecule has 0 radical (unpaired) electrons. The predicted molar refractivity (Wildman–Crippen MR) is 77.2 cm³/mol. The van der Waals surface area contributed by atoms with Gasteiger partial charge in [-0.1, -0.05) is 19.1 Å². The van der Waals surface area contributed by atoms with Gasteiger partial charge in [-0.05, 0) is 35.6 Å². The van der Waals surface area contributed by atoms with Crippen LogP contribution in [0.3, 0.4) is 0 Å². The number of hydrogen-bond acceptors (Lipinski definition) is 2. The summed E-state index contributed by atoms with van der Waals surface area (Å²) in [5.74, 6) is -0.511. The number of hydrogen-bond donors (Lipinski definition) is 0. The monoisotopic (exact) mass is 292 g/mol. The molecule has 2 aromatic rings. The molecule has 0 amide bonds. The number of halogens is 2. The molecule has 0 saturated carbocycles. The lowest BCUT2D eigenvalue weighted by atomic mass is 10.0. The molecule has 0 fully saturated rings. The fourth-order valence-corrected chi connectivity index (χ4v) is 2.57. The van der Waals surface area contributed by atoms with E-state index >= 15 is 0 Å². The van der Waals surface area contributed by atoms with E-state index in [1.165, 1.54) is 12.1 Å².